The van der Waals surface area contributed by atoms with Crippen LogP contribution in [0.25, 0.3) is 11.1 Å². The number of hydrogen-bond donors (Lipinski definition) is 1. The van der Waals surface area contributed by atoms with E-state index >= 15 is 0 Å². The molecule has 0 aliphatic carbocycles. The lowest BCUT2D eigenvalue weighted by atomic mass is 9.99. The second-order valence-electron chi connectivity index (χ2n) is 8.26. The largest absolute Gasteiger partial charge is 0.466 e. The average molecular weight is 445 g/mol. The first-order valence-electron chi connectivity index (χ1n) is 13.1. The normalized spacial score (nSPS) is 14.2. The van der Waals surface area contributed by atoms with Gasteiger partial charge in [0.15, 0.2) is 0 Å². The summed E-state index contributed by atoms with van der Waals surface area (Å²) in [5.74, 6) is -1.38. The highest BCUT2D eigenvalue weighted by Crippen LogP contribution is 2.20. The van der Waals surface area contributed by atoms with Gasteiger partial charge < -0.3 is 14.8 Å². The molecule has 2 rings (SSSR count). The van der Waals surface area contributed by atoms with Gasteiger partial charge in [-0.05, 0) is 50.8 Å². The third-order valence-corrected chi connectivity index (χ3v) is 4.28. The van der Waals surface area contributed by atoms with Gasteiger partial charge in [-0.2, -0.15) is 0 Å². The summed E-state index contributed by atoms with van der Waals surface area (Å²) in [6, 6.07) is 4.21. The minimum atomic E-state index is -0.651. The SMILES string of the molecule is [2H]c1c([2H])c([2H])c(-c2ccc(C[C@H](CC(=O)OCC)NC(=O)CCC(=O)OC(C)(C)C)cc2)c([2H])c1[2H]. The molecule has 1 N–H and O–H groups in total. The molecule has 0 saturated carbocycles. The van der Waals surface area contributed by atoms with Crippen molar-refractivity contribution in [2.45, 2.75) is 65.0 Å². The monoisotopic (exact) mass is 444 g/mol. The van der Waals surface area contributed by atoms with E-state index in [-0.39, 0.29) is 49.9 Å². The van der Waals surface area contributed by atoms with Gasteiger partial charge in [0.05, 0.1) is 26.3 Å². The second-order valence-corrected chi connectivity index (χ2v) is 8.26. The summed E-state index contributed by atoms with van der Waals surface area (Å²) in [6.07, 6.45) is 0.0131. The number of esters is 2. The Morgan fingerprint density at radius 2 is 1.62 bits per heavy atom. The highest BCUT2D eigenvalue weighted by atomic mass is 16.6. The molecule has 0 aromatic heterocycles. The Balaban J connectivity index is 2.16. The van der Waals surface area contributed by atoms with Gasteiger partial charge in [-0.1, -0.05) is 54.5 Å². The molecule has 0 unspecified atom stereocenters. The van der Waals surface area contributed by atoms with Crippen LogP contribution in [0.5, 0.6) is 0 Å². The van der Waals surface area contributed by atoms with Crippen molar-refractivity contribution in [3.63, 3.8) is 0 Å². The molecule has 0 radical (unpaired) electrons. The molecule has 0 aliphatic rings. The van der Waals surface area contributed by atoms with Crippen LogP contribution < -0.4 is 5.32 Å². The number of rotatable bonds is 10. The van der Waals surface area contributed by atoms with E-state index in [9.17, 15) is 14.4 Å². The first kappa shape index (κ1) is 18.4. The molecule has 0 fully saturated rings. The first-order valence-corrected chi connectivity index (χ1v) is 10.6. The van der Waals surface area contributed by atoms with Gasteiger partial charge in [0.25, 0.3) is 0 Å². The first-order chi connectivity index (χ1) is 17.2. The zero-order chi connectivity index (χ0) is 27.9. The smallest absolute Gasteiger partial charge is 0.307 e. The van der Waals surface area contributed by atoms with Crippen LogP contribution in [-0.2, 0) is 30.3 Å². The van der Waals surface area contributed by atoms with E-state index in [0.29, 0.717) is 5.56 Å². The molecule has 1 atom stereocenters. The van der Waals surface area contributed by atoms with Crippen LogP contribution in [0.2, 0.25) is 0 Å². The van der Waals surface area contributed by atoms with E-state index in [4.69, 9.17) is 16.3 Å². The number of carbonyl (C=O) groups excluding carboxylic acids is 3. The standard InChI is InChI=1S/C26H33NO5/c1-5-31-25(30)18-22(27-23(28)15-16-24(29)32-26(2,3)4)17-19-11-13-21(14-12-19)20-9-7-6-8-10-20/h6-14,22H,5,15-18H2,1-4H3,(H,27,28)/t22-/m1/s1/i6D,7D,8D,9D,10D. The van der Waals surface area contributed by atoms with Crippen molar-refractivity contribution in [2.75, 3.05) is 6.61 Å². The summed E-state index contributed by atoms with van der Waals surface area (Å²) in [7, 11) is 0. The molecule has 0 bridgehead atoms. The van der Waals surface area contributed by atoms with Crippen LogP contribution in [0.15, 0.2) is 54.5 Å². The van der Waals surface area contributed by atoms with Crippen LogP contribution in [0.4, 0.5) is 0 Å². The van der Waals surface area contributed by atoms with Crippen molar-refractivity contribution < 1.29 is 30.7 Å². The number of amides is 1. The molecule has 6 heteroatoms. The van der Waals surface area contributed by atoms with Crippen molar-refractivity contribution in [1.29, 1.82) is 0 Å². The third-order valence-electron chi connectivity index (χ3n) is 4.28. The summed E-state index contributed by atoms with van der Waals surface area (Å²) in [5, 5.41) is 2.78. The van der Waals surface area contributed by atoms with Gasteiger partial charge in [0.2, 0.25) is 5.91 Å². The molecule has 6 nitrogen and oxygen atoms in total. The quantitative estimate of drug-likeness (QED) is 0.547. The average Bonchev–Trinajstić information content (AvgIpc) is 2.80. The molecule has 0 saturated heterocycles. The Morgan fingerprint density at radius 3 is 2.22 bits per heavy atom. The van der Waals surface area contributed by atoms with E-state index in [1.165, 1.54) is 0 Å². The molecule has 172 valence electrons. The Bertz CT molecular complexity index is 1120. The topological polar surface area (TPSA) is 81.7 Å². The molecule has 0 aliphatic heterocycles. The predicted octanol–water partition coefficient (Wildman–Crippen LogP) is 4.46. The molecule has 2 aromatic carbocycles. The molecular formula is C26H33NO5. The van der Waals surface area contributed by atoms with Gasteiger partial charge in [0.1, 0.15) is 5.60 Å². The van der Waals surface area contributed by atoms with Gasteiger partial charge in [-0.15, -0.1) is 0 Å². The number of ether oxygens (including phenoxy) is 2. The number of carbonyl (C=O) groups is 3. The summed E-state index contributed by atoms with van der Waals surface area (Å²) in [6.45, 7) is 7.10. The number of hydrogen-bond acceptors (Lipinski definition) is 5. The van der Waals surface area contributed by atoms with E-state index in [2.05, 4.69) is 5.32 Å². The van der Waals surface area contributed by atoms with Crippen LogP contribution in [0, 0.1) is 0 Å². The van der Waals surface area contributed by atoms with Crippen molar-refractivity contribution in [3.8, 4) is 11.1 Å². The summed E-state index contributed by atoms with van der Waals surface area (Å²) >= 11 is 0. The van der Waals surface area contributed by atoms with Crippen LogP contribution in [0.1, 0.15) is 59.4 Å². The van der Waals surface area contributed by atoms with Gasteiger partial charge in [-0.3, -0.25) is 14.4 Å². The lowest BCUT2D eigenvalue weighted by Gasteiger charge is -2.20. The molecule has 32 heavy (non-hydrogen) atoms. The van der Waals surface area contributed by atoms with Crippen molar-refractivity contribution in [1.82, 2.24) is 5.32 Å². The minimum Gasteiger partial charge on any atom is -0.466 e. The Labute approximate surface area is 197 Å². The number of nitrogens with one attached hydrogen (secondary N) is 1. The van der Waals surface area contributed by atoms with E-state index in [1.54, 1.807) is 52.0 Å². The fraction of sp³-hybridized carbons (Fsp3) is 0.423. The van der Waals surface area contributed by atoms with Gasteiger partial charge >= 0.3 is 11.9 Å². The molecule has 1 amide bonds. The van der Waals surface area contributed by atoms with Crippen molar-refractivity contribution >= 4 is 17.8 Å². The Kier molecular flexibility index (Phi) is 6.93. The zero-order valence-electron chi connectivity index (χ0n) is 24.0. The van der Waals surface area contributed by atoms with E-state index in [1.807, 2.05) is 0 Å². The predicted molar refractivity (Wildman–Crippen MR) is 124 cm³/mol. The summed E-state index contributed by atoms with van der Waals surface area (Å²) in [4.78, 5) is 36.5. The second kappa shape index (κ2) is 12.0. The lowest BCUT2D eigenvalue weighted by molar-refractivity contribution is -0.156. The Hall–Kier alpha value is -3.15. The maximum atomic E-state index is 12.5. The van der Waals surface area contributed by atoms with Crippen LogP contribution in [-0.4, -0.2) is 36.1 Å². The van der Waals surface area contributed by atoms with Gasteiger partial charge in [-0.25, -0.2) is 0 Å². The van der Waals surface area contributed by atoms with Crippen molar-refractivity contribution in [2.24, 2.45) is 0 Å². The van der Waals surface area contributed by atoms with Gasteiger partial charge in [0, 0.05) is 12.5 Å². The fourth-order valence-electron chi connectivity index (χ4n) is 2.99. The van der Waals surface area contributed by atoms with Crippen LogP contribution >= 0.6 is 0 Å². The van der Waals surface area contributed by atoms with E-state index < -0.39 is 47.6 Å². The maximum Gasteiger partial charge on any atom is 0.307 e. The highest BCUT2D eigenvalue weighted by Gasteiger charge is 2.20. The molecule has 0 heterocycles. The molecular weight excluding hydrogens is 406 g/mol. The van der Waals surface area contributed by atoms with Crippen LogP contribution in [0.3, 0.4) is 0 Å². The minimum absolute atomic E-state index is 0.0725. The zero-order valence-corrected chi connectivity index (χ0v) is 19.0. The summed E-state index contributed by atoms with van der Waals surface area (Å²) in [5.41, 5.74) is 0.638. The molecule has 2 aromatic rings. The summed E-state index contributed by atoms with van der Waals surface area (Å²) < 4.78 is 50.0. The third kappa shape index (κ3) is 9.33. The van der Waals surface area contributed by atoms with Crippen molar-refractivity contribution in [3.05, 3.63) is 60.0 Å². The lowest BCUT2D eigenvalue weighted by Crippen LogP contribution is -2.38. The fourth-order valence-corrected chi connectivity index (χ4v) is 2.99. The maximum absolute atomic E-state index is 12.5. The van der Waals surface area contributed by atoms with E-state index in [0.717, 1.165) is 5.56 Å². The highest BCUT2D eigenvalue weighted by molar-refractivity contribution is 5.82. The molecule has 0 spiro atoms. The Morgan fingerprint density at radius 1 is 0.969 bits per heavy atom. The number of benzene rings is 2.